The molecule has 1 N–H and O–H groups in total. The van der Waals surface area contributed by atoms with Gasteiger partial charge >= 0.3 is 12.3 Å². The van der Waals surface area contributed by atoms with E-state index < -0.39 is 18.4 Å². The number of rotatable bonds is 1. The Morgan fingerprint density at radius 1 is 1.58 bits per heavy atom. The molecule has 0 aromatic rings. The second kappa shape index (κ2) is 3.85. The quantitative estimate of drug-likeness (QED) is 0.495. The minimum atomic E-state index is -4.78. The lowest BCUT2D eigenvalue weighted by Crippen LogP contribution is -2.32. The number of hydrogen-bond donors (Lipinski definition) is 1. The zero-order chi connectivity index (χ0) is 9.78. The van der Waals surface area contributed by atoms with Crippen molar-refractivity contribution in [3.8, 4) is 11.8 Å². The summed E-state index contributed by atoms with van der Waals surface area (Å²) < 4.78 is 38.8. The number of halogens is 3. The molecule has 0 saturated carbocycles. The third kappa shape index (κ3) is 3.71. The summed E-state index contributed by atoms with van der Waals surface area (Å²) in [5.41, 5.74) is 0. The lowest BCUT2D eigenvalue weighted by atomic mass is 10.3. The van der Waals surface area contributed by atoms with Gasteiger partial charge in [-0.1, -0.05) is 0 Å². The largest absolute Gasteiger partial charge is 0.507 e. The average molecular weight is 182 g/mol. The van der Waals surface area contributed by atoms with Crippen molar-refractivity contribution in [3.63, 3.8) is 0 Å². The van der Waals surface area contributed by atoms with E-state index in [0.717, 1.165) is 6.92 Å². The van der Waals surface area contributed by atoms with Crippen LogP contribution in [0.3, 0.4) is 0 Å². The zero-order valence-electron chi connectivity index (χ0n) is 5.97. The molecule has 0 aromatic heterocycles. The van der Waals surface area contributed by atoms with Crippen LogP contribution in [0, 0.1) is 11.8 Å². The van der Waals surface area contributed by atoms with Gasteiger partial charge in [-0.2, -0.15) is 13.2 Å². The molecular weight excluding hydrogens is 177 g/mol. The minimum Gasteiger partial charge on any atom is -0.450 e. The Bertz CT molecular complexity index is 222. The Hall–Kier alpha value is -1.38. The molecule has 0 aliphatic carbocycles. The molecule has 1 unspecified atom stereocenters. The summed E-state index contributed by atoms with van der Waals surface area (Å²) >= 11 is 0. The summed E-state index contributed by atoms with van der Waals surface area (Å²) in [6.07, 6.45) is -9.33. The summed E-state index contributed by atoms with van der Waals surface area (Å²) in [6.45, 7) is 1.16. The van der Waals surface area contributed by atoms with E-state index in [9.17, 15) is 18.0 Å². The molecule has 0 fully saturated rings. The van der Waals surface area contributed by atoms with Crippen LogP contribution in [0.2, 0.25) is 0 Å². The Kier molecular flexibility index (Phi) is 3.41. The number of carbonyl (C=O) groups is 1. The Morgan fingerprint density at radius 3 is 2.33 bits per heavy atom. The Balaban J connectivity index is 4.41. The molecule has 0 amide bonds. The maximum absolute atomic E-state index is 11.8. The van der Waals surface area contributed by atoms with Crippen molar-refractivity contribution in [2.45, 2.75) is 19.2 Å². The van der Waals surface area contributed by atoms with E-state index in [1.54, 1.807) is 5.92 Å². The first-order valence-corrected chi connectivity index (χ1v) is 2.76. The van der Waals surface area contributed by atoms with Crippen LogP contribution in [0.1, 0.15) is 6.92 Å². The molecule has 0 aliphatic heterocycles. The standard InChI is InChI=1S/C6H5F3O3/c1-2-3-4(6(7,8)9)12-5(10)11/h4H,1H3,(H,10,11). The topological polar surface area (TPSA) is 46.5 Å². The van der Waals surface area contributed by atoms with Crippen molar-refractivity contribution >= 4 is 6.16 Å². The third-order valence-electron chi connectivity index (χ3n) is 0.791. The van der Waals surface area contributed by atoms with Gasteiger partial charge in [0.1, 0.15) is 0 Å². The van der Waals surface area contributed by atoms with E-state index in [2.05, 4.69) is 4.74 Å². The number of alkyl halides is 3. The highest BCUT2D eigenvalue weighted by molar-refractivity contribution is 5.57. The van der Waals surface area contributed by atoms with E-state index in [4.69, 9.17) is 5.11 Å². The number of ether oxygens (including phenoxy) is 1. The van der Waals surface area contributed by atoms with Crippen LogP contribution in [0.4, 0.5) is 18.0 Å². The fourth-order valence-electron chi connectivity index (χ4n) is 0.410. The monoisotopic (exact) mass is 182 g/mol. The molecule has 0 heterocycles. The second-order valence-electron chi connectivity index (χ2n) is 1.70. The van der Waals surface area contributed by atoms with Crippen LogP contribution in [0.5, 0.6) is 0 Å². The highest BCUT2D eigenvalue weighted by Gasteiger charge is 2.41. The van der Waals surface area contributed by atoms with Crippen LogP contribution in [-0.2, 0) is 4.74 Å². The fraction of sp³-hybridized carbons (Fsp3) is 0.500. The van der Waals surface area contributed by atoms with Crippen molar-refractivity contribution < 1.29 is 27.8 Å². The summed E-state index contributed by atoms with van der Waals surface area (Å²) in [6, 6.07) is 0. The molecule has 6 heteroatoms. The van der Waals surface area contributed by atoms with Crippen molar-refractivity contribution in [2.24, 2.45) is 0 Å². The summed E-state index contributed by atoms with van der Waals surface area (Å²) in [5.74, 6) is 3.50. The van der Waals surface area contributed by atoms with Gasteiger partial charge in [-0.3, -0.25) is 0 Å². The van der Waals surface area contributed by atoms with Crippen LogP contribution >= 0.6 is 0 Å². The molecule has 12 heavy (non-hydrogen) atoms. The third-order valence-corrected chi connectivity index (χ3v) is 0.791. The van der Waals surface area contributed by atoms with Crippen molar-refractivity contribution in [1.82, 2.24) is 0 Å². The van der Waals surface area contributed by atoms with Gasteiger partial charge in [0, 0.05) is 0 Å². The molecule has 0 bridgehead atoms. The molecule has 0 saturated heterocycles. The van der Waals surface area contributed by atoms with Crippen molar-refractivity contribution in [3.05, 3.63) is 0 Å². The van der Waals surface area contributed by atoms with E-state index in [1.165, 1.54) is 0 Å². The maximum atomic E-state index is 11.8. The van der Waals surface area contributed by atoms with Gasteiger partial charge in [-0.05, 0) is 12.8 Å². The average Bonchev–Trinajstić information content (AvgIpc) is 1.83. The van der Waals surface area contributed by atoms with Gasteiger partial charge in [-0.15, -0.1) is 5.92 Å². The first kappa shape index (κ1) is 10.6. The predicted molar refractivity (Wildman–Crippen MR) is 32.4 cm³/mol. The van der Waals surface area contributed by atoms with Gasteiger partial charge in [0.15, 0.2) is 0 Å². The van der Waals surface area contributed by atoms with Gasteiger partial charge < -0.3 is 9.84 Å². The lowest BCUT2D eigenvalue weighted by molar-refractivity contribution is -0.188. The Labute approximate surface area is 66.1 Å². The van der Waals surface area contributed by atoms with E-state index in [1.807, 2.05) is 5.92 Å². The SMILES string of the molecule is CC#CC(OC(=O)O)C(F)(F)F. The van der Waals surface area contributed by atoms with Crippen LogP contribution < -0.4 is 0 Å². The van der Waals surface area contributed by atoms with Crippen molar-refractivity contribution in [1.29, 1.82) is 0 Å². The zero-order valence-corrected chi connectivity index (χ0v) is 5.97. The van der Waals surface area contributed by atoms with Crippen molar-refractivity contribution in [2.75, 3.05) is 0 Å². The molecule has 0 aromatic carbocycles. The molecule has 1 atom stereocenters. The molecule has 0 radical (unpaired) electrons. The molecule has 68 valence electrons. The van der Waals surface area contributed by atoms with Crippen LogP contribution in [0.25, 0.3) is 0 Å². The number of carboxylic acid groups (broad SMARTS) is 1. The normalized spacial score (nSPS) is 12.7. The lowest BCUT2D eigenvalue weighted by Gasteiger charge is -2.12. The molecule has 0 aliphatic rings. The van der Waals surface area contributed by atoms with E-state index >= 15 is 0 Å². The number of hydrogen-bond acceptors (Lipinski definition) is 2. The summed E-state index contributed by atoms with van der Waals surface area (Å²) in [5, 5.41) is 7.88. The van der Waals surface area contributed by atoms with E-state index in [0.29, 0.717) is 0 Å². The first-order chi connectivity index (χ1) is 5.38. The van der Waals surface area contributed by atoms with E-state index in [-0.39, 0.29) is 0 Å². The first-order valence-electron chi connectivity index (χ1n) is 2.76. The van der Waals surface area contributed by atoms with Gasteiger partial charge in [0.25, 0.3) is 6.10 Å². The van der Waals surface area contributed by atoms with Crippen LogP contribution in [-0.4, -0.2) is 23.5 Å². The van der Waals surface area contributed by atoms with Gasteiger partial charge in [0.05, 0.1) is 0 Å². The molecule has 0 rings (SSSR count). The highest BCUT2D eigenvalue weighted by atomic mass is 19.4. The maximum Gasteiger partial charge on any atom is 0.507 e. The predicted octanol–water partition coefficient (Wildman–Crippen LogP) is 1.64. The molecule has 0 spiro atoms. The molecular formula is C6H5F3O3. The fourth-order valence-corrected chi connectivity index (χ4v) is 0.410. The molecule has 3 nitrogen and oxygen atoms in total. The highest BCUT2D eigenvalue weighted by Crippen LogP contribution is 2.22. The van der Waals surface area contributed by atoms with Crippen LogP contribution in [0.15, 0.2) is 0 Å². The Morgan fingerprint density at radius 2 is 2.08 bits per heavy atom. The summed E-state index contributed by atoms with van der Waals surface area (Å²) in [7, 11) is 0. The second-order valence-corrected chi connectivity index (χ2v) is 1.70. The van der Waals surface area contributed by atoms with Gasteiger partial charge in [0.2, 0.25) is 0 Å². The smallest absolute Gasteiger partial charge is 0.450 e. The summed E-state index contributed by atoms with van der Waals surface area (Å²) in [4.78, 5) is 9.74. The van der Waals surface area contributed by atoms with Gasteiger partial charge in [-0.25, -0.2) is 4.79 Å². The minimum absolute atomic E-state index is 1.16.